The maximum atomic E-state index is 12.7. The minimum absolute atomic E-state index is 0.103. The molecule has 16 heavy (non-hydrogen) atoms. The van der Waals surface area contributed by atoms with Crippen LogP contribution in [0, 0.1) is 5.95 Å². The summed E-state index contributed by atoms with van der Waals surface area (Å²) in [6.45, 7) is 0. The molecule has 0 aliphatic carbocycles. The Bertz CT molecular complexity index is 522. The van der Waals surface area contributed by atoms with Gasteiger partial charge in [-0.2, -0.15) is 4.39 Å². The second kappa shape index (κ2) is 4.63. The van der Waals surface area contributed by atoms with Crippen LogP contribution >= 0.6 is 23.2 Å². The van der Waals surface area contributed by atoms with Crippen molar-refractivity contribution >= 4 is 23.2 Å². The Morgan fingerprint density at radius 1 is 1.06 bits per heavy atom. The summed E-state index contributed by atoms with van der Waals surface area (Å²) in [5.41, 5.74) is 0. The van der Waals surface area contributed by atoms with E-state index in [1.807, 2.05) is 0 Å². The molecule has 0 radical (unpaired) electrons. The topological polar surface area (TPSA) is 35.0 Å². The molecule has 2 aromatic rings. The number of hydrogen-bond donors (Lipinski definition) is 0. The number of nitrogens with zero attached hydrogens (tertiary/aromatic N) is 2. The summed E-state index contributed by atoms with van der Waals surface area (Å²) >= 11 is 11.5. The van der Waals surface area contributed by atoms with Crippen molar-refractivity contribution in [2.45, 2.75) is 0 Å². The van der Waals surface area contributed by atoms with E-state index < -0.39 is 5.95 Å². The van der Waals surface area contributed by atoms with Gasteiger partial charge in [-0.05, 0) is 12.1 Å². The Morgan fingerprint density at radius 3 is 2.56 bits per heavy atom. The minimum Gasteiger partial charge on any atom is -0.439 e. The van der Waals surface area contributed by atoms with Crippen LogP contribution in [-0.4, -0.2) is 9.97 Å². The highest BCUT2D eigenvalue weighted by Gasteiger charge is 2.03. The molecule has 0 fully saturated rings. The molecule has 0 saturated heterocycles. The predicted octanol–water partition coefficient (Wildman–Crippen LogP) is 3.71. The third-order valence-electron chi connectivity index (χ3n) is 1.72. The first kappa shape index (κ1) is 11.1. The second-order valence-corrected chi connectivity index (χ2v) is 3.67. The standard InChI is InChI=1S/C10H5Cl2FN2O/c11-7-2-1-6(3-8(7)12)16-10-4-9(13)14-5-15-10/h1-5H. The zero-order valence-corrected chi connectivity index (χ0v) is 9.34. The monoisotopic (exact) mass is 258 g/mol. The van der Waals surface area contributed by atoms with Gasteiger partial charge in [0.05, 0.1) is 16.1 Å². The lowest BCUT2D eigenvalue weighted by molar-refractivity contribution is 0.450. The first-order valence-corrected chi connectivity index (χ1v) is 5.01. The summed E-state index contributed by atoms with van der Waals surface area (Å²) in [4.78, 5) is 7.05. The fourth-order valence-corrected chi connectivity index (χ4v) is 1.32. The van der Waals surface area contributed by atoms with Gasteiger partial charge < -0.3 is 4.74 Å². The molecule has 0 atom stereocenters. The van der Waals surface area contributed by atoms with Crippen LogP contribution in [0.4, 0.5) is 4.39 Å². The van der Waals surface area contributed by atoms with E-state index >= 15 is 0 Å². The molecular weight excluding hydrogens is 254 g/mol. The van der Waals surface area contributed by atoms with Gasteiger partial charge in [-0.3, -0.25) is 0 Å². The molecule has 0 amide bonds. The van der Waals surface area contributed by atoms with Crippen molar-refractivity contribution in [3.63, 3.8) is 0 Å². The number of aromatic nitrogens is 2. The van der Waals surface area contributed by atoms with E-state index in [1.54, 1.807) is 12.1 Å². The van der Waals surface area contributed by atoms with Crippen LogP contribution in [0.3, 0.4) is 0 Å². The Labute approximate surface area is 101 Å². The van der Waals surface area contributed by atoms with E-state index in [-0.39, 0.29) is 5.88 Å². The van der Waals surface area contributed by atoms with Gasteiger partial charge in [0.2, 0.25) is 11.8 Å². The maximum absolute atomic E-state index is 12.7. The first-order valence-electron chi connectivity index (χ1n) is 4.25. The Kier molecular flexibility index (Phi) is 3.22. The molecule has 0 N–H and O–H groups in total. The highest BCUT2D eigenvalue weighted by molar-refractivity contribution is 6.42. The Morgan fingerprint density at radius 2 is 1.88 bits per heavy atom. The largest absolute Gasteiger partial charge is 0.439 e. The SMILES string of the molecule is Fc1cc(Oc2ccc(Cl)c(Cl)c2)ncn1. The molecular formula is C10H5Cl2FN2O. The zero-order chi connectivity index (χ0) is 11.5. The average Bonchev–Trinajstić information content (AvgIpc) is 2.24. The molecule has 1 aromatic carbocycles. The van der Waals surface area contributed by atoms with Crippen molar-refractivity contribution in [1.29, 1.82) is 0 Å². The summed E-state index contributed by atoms with van der Waals surface area (Å²) in [5, 5.41) is 0.775. The summed E-state index contributed by atoms with van der Waals surface area (Å²) in [7, 11) is 0. The first-order chi connectivity index (χ1) is 7.65. The number of rotatable bonds is 2. The van der Waals surface area contributed by atoms with E-state index in [1.165, 1.54) is 6.07 Å². The second-order valence-electron chi connectivity index (χ2n) is 2.86. The van der Waals surface area contributed by atoms with Crippen LogP contribution in [0.1, 0.15) is 0 Å². The smallest absolute Gasteiger partial charge is 0.225 e. The fraction of sp³-hybridized carbons (Fsp3) is 0. The maximum Gasteiger partial charge on any atom is 0.225 e. The van der Waals surface area contributed by atoms with E-state index in [0.717, 1.165) is 12.4 Å². The van der Waals surface area contributed by atoms with Gasteiger partial charge in [-0.25, -0.2) is 9.97 Å². The molecule has 0 spiro atoms. The van der Waals surface area contributed by atoms with Crippen molar-refractivity contribution in [1.82, 2.24) is 9.97 Å². The van der Waals surface area contributed by atoms with Gasteiger partial charge in [0.15, 0.2) is 0 Å². The number of ether oxygens (including phenoxy) is 1. The quantitative estimate of drug-likeness (QED) is 0.771. The van der Waals surface area contributed by atoms with Gasteiger partial charge in [0.25, 0.3) is 0 Å². The third kappa shape index (κ3) is 2.59. The van der Waals surface area contributed by atoms with E-state index in [0.29, 0.717) is 15.8 Å². The number of halogens is 3. The summed E-state index contributed by atoms with van der Waals surface area (Å²) in [6.07, 6.45) is 1.07. The van der Waals surface area contributed by atoms with E-state index in [2.05, 4.69) is 9.97 Å². The highest BCUT2D eigenvalue weighted by atomic mass is 35.5. The normalized spacial score (nSPS) is 10.2. The molecule has 1 heterocycles. The number of benzene rings is 1. The number of hydrogen-bond acceptors (Lipinski definition) is 3. The zero-order valence-electron chi connectivity index (χ0n) is 7.82. The summed E-state index contributed by atoms with van der Waals surface area (Å²) < 4.78 is 18.0. The van der Waals surface area contributed by atoms with Crippen molar-refractivity contribution in [2.75, 3.05) is 0 Å². The van der Waals surface area contributed by atoms with Gasteiger partial charge in [-0.1, -0.05) is 23.2 Å². The molecule has 2 rings (SSSR count). The Balaban J connectivity index is 2.24. The van der Waals surface area contributed by atoms with E-state index in [9.17, 15) is 4.39 Å². The van der Waals surface area contributed by atoms with Crippen LogP contribution in [0.15, 0.2) is 30.6 Å². The molecule has 1 aromatic heterocycles. The molecule has 0 bridgehead atoms. The van der Waals surface area contributed by atoms with Crippen molar-refractivity contribution in [2.24, 2.45) is 0 Å². The molecule has 0 aliphatic rings. The lowest BCUT2D eigenvalue weighted by Gasteiger charge is -2.04. The van der Waals surface area contributed by atoms with Crippen LogP contribution in [0.5, 0.6) is 11.6 Å². The van der Waals surface area contributed by atoms with Crippen LogP contribution in [0.2, 0.25) is 10.0 Å². The molecule has 82 valence electrons. The van der Waals surface area contributed by atoms with Crippen LogP contribution < -0.4 is 4.74 Å². The van der Waals surface area contributed by atoms with Crippen molar-refractivity contribution in [3.05, 3.63) is 46.6 Å². The van der Waals surface area contributed by atoms with Gasteiger partial charge in [0.1, 0.15) is 12.1 Å². The predicted molar refractivity (Wildman–Crippen MR) is 58.5 cm³/mol. The van der Waals surface area contributed by atoms with Gasteiger partial charge in [0, 0.05) is 6.07 Å². The summed E-state index contributed by atoms with van der Waals surface area (Å²) in [5.74, 6) is -0.136. The van der Waals surface area contributed by atoms with E-state index in [4.69, 9.17) is 27.9 Å². The van der Waals surface area contributed by atoms with Crippen LogP contribution in [0.25, 0.3) is 0 Å². The molecule has 3 nitrogen and oxygen atoms in total. The van der Waals surface area contributed by atoms with Gasteiger partial charge >= 0.3 is 0 Å². The minimum atomic E-state index is -0.662. The molecule has 0 saturated carbocycles. The molecule has 0 aliphatic heterocycles. The molecule has 6 heteroatoms. The van der Waals surface area contributed by atoms with Crippen LogP contribution in [-0.2, 0) is 0 Å². The van der Waals surface area contributed by atoms with Gasteiger partial charge in [-0.15, -0.1) is 0 Å². The summed E-state index contributed by atoms with van der Waals surface area (Å²) in [6, 6.07) is 5.78. The lowest BCUT2D eigenvalue weighted by Crippen LogP contribution is -1.90. The van der Waals surface area contributed by atoms with Crippen molar-refractivity contribution < 1.29 is 9.13 Å². The average molecular weight is 259 g/mol. The Hall–Kier alpha value is -1.39. The fourth-order valence-electron chi connectivity index (χ4n) is 1.03. The third-order valence-corrected chi connectivity index (χ3v) is 2.46. The lowest BCUT2D eigenvalue weighted by atomic mass is 10.3. The van der Waals surface area contributed by atoms with Crippen molar-refractivity contribution in [3.8, 4) is 11.6 Å². The highest BCUT2D eigenvalue weighted by Crippen LogP contribution is 2.28. The molecule has 0 unspecified atom stereocenters.